The Morgan fingerprint density at radius 3 is 2.45 bits per heavy atom. The van der Waals surface area contributed by atoms with E-state index < -0.39 is 5.60 Å². The molecule has 2 nitrogen and oxygen atoms in total. The summed E-state index contributed by atoms with van der Waals surface area (Å²) in [7, 11) is 0. The summed E-state index contributed by atoms with van der Waals surface area (Å²) >= 11 is 0. The summed E-state index contributed by atoms with van der Waals surface area (Å²) in [6, 6.07) is 14.9. The van der Waals surface area contributed by atoms with Crippen LogP contribution in [0.2, 0.25) is 0 Å². The van der Waals surface area contributed by atoms with Gasteiger partial charge in [0.25, 0.3) is 0 Å². The molecule has 2 unspecified atom stereocenters. The summed E-state index contributed by atoms with van der Waals surface area (Å²) in [5, 5.41) is 13.4. The molecule has 2 fully saturated rings. The zero-order valence-electron chi connectivity index (χ0n) is 11.6. The molecule has 2 bridgehead atoms. The molecular formula is C18H20O2. The Balaban J connectivity index is 1.60. The van der Waals surface area contributed by atoms with Crippen LogP contribution in [0, 0.1) is 0 Å². The van der Waals surface area contributed by atoms with Crippen molar-refractivity contribution in [3.8, 4) is 0 Å². The molecule has 0 aliphatic carbocycles. The summed E-state index contributed by atoms with van der Waals surface area (Å²) in [6.07, 6.45) is 5.11. The van der Waals surface area contributed by atoms with Crippen LogP contribution in [0.3, 0.4) is 0 Å². The van der Waals surface area contributed by atoms with Gasteiger partial charge in [-0.1, -0.05) is 42.5 Å². The van der Waals surface area contributed by atoms with Crippen LogP contribution in [0.15, 0.2) is 42.5 Å². The fraction of sp³-hybridized carbons (Fsp3) is 0.444. The first-order valence-electron chi connectivity index (χ1n) is 7.56. The molecule has 2 aliphatic heterocycles. The van der Waals surface area contributed by atoms with Gasteiger partial charge in [0.1, 0.15) is 0 Å². The average molecular weight is 268 g/mol. The molecule has 0 amide bonds. The highest BCUT2D eigenvalue weighted by Gasteiger charge is 2.43. The van der Waals surface area contributed by atoms with Crippen LogP contribution in [0.25, 0.3) is 10.8 Å². The van der Waals surface area contributed by atoms with Crippen LogP contribution in [0.4, 0.5) is 0 Å². The zero-order valence-corrected chi connectivity index (χ0v) is 11.6. The maximum Gasteiger partial charge on any atom is 0.0737 e. The van der Waals surface area contributed by atoms with Gasteiger partial charge >= 0.3 is 0 Å². The molecule has 0 spiro atoms. The minimum absolute atomic E-state index is 0.277. The van der Waals surface area contributed by atoms with E-state index in [0.717, 1.165) is 32.1 Å². The Hall–Kier alpha value is -1.38. The summed E-state index contributed by atoms with van der Waals surface area (Å²) < 4.78 is 5.84. The quantitative estimate of drug-likeness (QED) is 0.904. The van der Waals surface area contributed by atoms with E-state index in [9.17, 15) is 5.11 Å². The van der Waals surface area contributed by atoms with Crippen LogP contribution in [0.5, 0.6) is 0 Å². The van der Waals surface area contributed by atoms with E-state index in [1.165, 1.54) is 16.3 Å². The first kappa shape index (κ1) is 12.4. The molecule has 4 rings (SSSR count). The Morgan fingerprint density at radius 1 is 1.00 bits per heavy atom. The van der Waals surface area contributed by atoms with E-state index in [1.807, 2.05) is 0 Å². The van der Waals surface area contributed by atoms with Crippen molar-refractivity contribution in [2.45, 2.75) is 49.9 Å². The second-order valence-corrected chi connectivity index (χ2v) is 6.45. The van der Waals surface area contributed by atoms with Crippen molar-refractivity contribution in [1.29, 1.82) is 0 Å². The van der Waals surface area contributed by atoms with Gasteiger partial charge in [0, 0.05) is 19.3 Å². The number of aliphatic hydroxyl groups is 1. The van der Waals surface area contributed by atoms with Gasteiger partial charge in [-0.15, -0.1) is 0 Å². The highest BCUT2D eigenvalue weighted by atomic mass is 16.5. The maximum absolute atomic E-state index is 10.9. The van der Waals surface area contributed by atoms with Crippen molar-refractivity contribution >= 4 is 10.8 Å². The summed E-state index contributed by atoms with van der Waals surface area (Å²) in [4.78, 5) is 0. The highest BCUT2D eigenvalue weighted by Crippen LogP contribution is 2.40. The topological polar surface area (TPSA) is 29.5 Å². The molecular weight excluding hydrogens is 248 g/mol. The number of hydrogen-bond donors (Lipinski definition) is 1. The zero-order chi connectivity index (χ0) is 13.6. The molecule has 104 valence electrons. The van der Waals surface area contributed by atoms with Crippen molar-refractivity contribution < 1.29 is 9.84 Å². The van der Waals surface area contributed by atoms with Crippen molar-refractivity contribution in [1.82, 2.24) is 0 Å². The van der Waals surface area contributed by atoms with Crippen molar-refractivity contribution in [2.24, 2.45) is 0 Å². The number of benzene rings is 2. The number of ether oxygens (including phenoxy) is 1. The van der Waals surface area contributed by atoms with E-state index in [4.69, 9.17) is 4.74 Å². The number of hydrogen-bond acceptors (Lipinski definition) is 2. The van der Waals surface area contributed by atoms with Crippen LogP contribution < -0.4 is 0 Å². The van der Waals surface area contributed by atoms with Crippen LogP contribution in [-0.4, -0.2) is 22.9 Å². The van der Waals surface area contributed by atoms with Crippen LogP contribution in [-0.2, 0) is 11.2 Å². The molecule has 2 heterocycles. The number of rotatable bonds is 2. The van der Waals surface area contributed by atoms with E-state index >= 15 is 0 Å². The van der Waals surface area contributed by atoms with Gasteiger partial charge in [0.15, 0.2) is 0 Å². The van der Waals surface area contributed by atoms with Crippen molar-refractivity contribution in [3.63, 3.8) is 0 Å². The fourth-order valence-electron chi connectivity index (χ4n) is 3.88. The van der Waals surface area contributed by atoms with Gasteiger partial charge < -0.3 is 9.84 Å². The Kier molecular flexibility index (Phi) is 2.83. The largest absolute Gasteiger partial charge is 0.389 e. The second kappa shape index (κ2) is 4.57. The van der Waals surface area contributed by atoms with Gasteiger partial charge in [-0.05, 0) is 29.2 Å². The first-order valence-corrected chi connectivity index (χ1v) is 7.56. The Bertz CT molecular complexity index is 622. The molecule has 2 saturated heterocycles. The smallest absolute Gasteiger partial charge is 0.0737 e. The normalized spacial score (nSPS) is 32.6. The van der Waals surface area contributed by atoms with Gasteiger partial charge in [-0.2, -0.15) is 0 Å². The first-order chi connectivity index (χ1) is 9.70. The predicted octanol–water partition coefficient (Wildman–Crippen LogP) is 3.45. The van der Waals surface area contributed by atoms with E-state index in [2.05, 4.69) is 42.5 Å². The fourth-order valence-corrected chi connectivity index (χ4v) is 3.88. The Labute approximate surface area is 119 Å². The molecule has 1 N–H and O–H groups in total. The maximum atomic E-state index is 10.9. The molecule has 0 saturated carbocycles. The second-order valence-electron chi connectivity index (χ2n) is 6.45. The lowest BCUT2D eigenvalue weighted by atomic mass is 9.84. The molecule has 2 heteroatoms. The third-order valence-corrected chi connectivity index (χ3v) is 4.76. The van der Waals surface area contributed by atoms with Gasteiger partial charge in [0.05, 0.1) is 17.8 Å². The molecule has 2 atom stereocenters. The summed E-state index contributed by atoms with van der Waals surface area (Å²) in [6.45, 7) is 0. The van der Waals surface area contributed by atoms with E-state index in [0.29, 0.717) is 0 Å². The van der Waals surface area contributed by atoms with Crippen molar-refractivity contribution in [2.75, 3.05) is 0 Å². The molecule has 2 aromatic rings. The lowest BCUT2D eigenvalue weighted by molar-refractivity contribution is -0.110. The van der Waals surface area contributed by atoms with Crippen LogP contribution in [0.1, 0.15) is 31.2 Å². The monoisotopic (exact) mass is 268 g/mol. The van der Waals surface area contributed by atoms with Crippen LogP contribution >= 0.6 is 0 Å². The van der Waals surface area contributed by atoms with Gasteiger partial charge in [-0.3, -0.25) is 0 Å². The minimum Gasteiger partial charge on any atom is -0.389 e. The van der Waals surface area contributed by atoms with Crippen molar-refractivity contribution in [3.05, 3.63) is 48.0 Å². The molecule has 2 aromatic carbocycles. The summed E-state index contributed by atoms with van der Waals surface area (Å²) in [5.74, 6) is 0. The lowest BCUT2D eigenvalue weighted by Gasteiger charge is -2.36. The number of fused-ring (bicyclic) bond motifs is 3. The minimum atomic E-state index is -0.577. The highest BCUT2D eigenvalue weighted by molar-refractivity contribution is 5.83. The van der Waals surface area contributed by atoms with Gasteiger partial charge in [0.2, 0.25) is 0 Å². The standard InChI is InChI=1S/C18H20O2/c19-18(11-16-7-8-17(12-18)20-16)10-13-5-6-14-3-1-2-4-15(14)9-13/h1-6,9,16-17,19H,7-8,10-12H2. The van der Waals surface area contributed by atoms with E-state index in [1.54, 1.807) is 0 Å². The molecule has 0 aromatic heterocycles. The SMILES string of the molecule is OC1(Cc2ccc3ccccc3c2)CC2CCC(C1)O2. The molecule has 0 radical (unpaired) electrons. The van der Waals surface area contributed by atoms with E-state index in [-0.39, 0.29) is 12.2 Å². The third-order valence-electron chi connectivity index (χ3n) is 4.76. The average Bonchev–Trinajstić information content (AvgIpc) is 2.78. The lowest BCUT2D eigenvalue weighted by Crippen LogP contribution is -2.42. The van der Waals surface area contributed by atoms with Gasteiger partial charge in [-0.25, -0.2) is 0 Å². The third kappa shape index (κ3) is 2.23. The Morgan fingerprint density at radius 2 is 1.70 bits per heavy atom. The molecule has 2 aliphatic rings. The summed E-state index contributed by atoms with van der Waals surface area (Å²) in [5.41, 5.74) is 0.652. The predicted molar refractivity (Wildman–Crippen MR) is 79.7 cm³/mol. The molecule has 20 heavy (non-hydrogen) atoms.